The quantitative estimate of drug-likeness (QED) is 0.697. The zero-order valence-electron chi connectivity index (χ0n) is 17.5. The molecule has 0 spiro atoms. The van der Waals surface area contributed by atoms with E-state index in [1.54, 1.807) is 0 Å². The maximum Gasteiger partial charge on any atom is 0.0873 e. The van der Waals surface area contributed by atoms with Crippen molar-refractivity contribution < 1.29 is 9.47 Å². The molecule has 1 N–H and O–H groups in total. The molecule has 0 aromatic heterocycles. The minimum atomic E-state index is 0.312. The van der Waals surface area contributed by atoms with Crippen LogP contribution < -0.4 is 5.32 Å². The molecule has 5 atom stereocenters. The van der Waals surface area contributed by atoms with Gasteiger partial charge in [-0.05, 0) is 34.0 Å². The summed E-state index contributed by atoms with van der Waals surface area (Å²) in [5.41, 5.74) is 0. The highest BCUT2D eigenvalue weighted by atomic mass is 16.5. The van der Waals surface area contributed by atoms with Gasteiger partial charge in [-0.2, -0.15) is 0 Å². The molecule has 7 nitrogen and oxygen atoms in total. The van der Waals surface area contributed by atoms with E-state index in [2.05, 4.69) is 46.1 Å². The first-order valence-corrected chi connectivity index (χ1v) is 10.9. The molecule has 0 saturated carbocycles. The molecule has 4 aliphatic rings. The standard InChI is InChI=1S/C20H39N5O2/c1-22-8-9-26-17(12-22)4-5-18-13-24(3)15-20(27-18)19-14-23(2)11-16-10-21-6-7-25(16)19/h16-21H,4-15H2,1-3H3. The van der Waals surface area contributed by atoms with Crippen molar-refractivity contribution in [3.63, 3.8) is 0 Å². The van der Waals surface area contributed by atoms with Crippen LogP contribution in [0, 0.1) is 0 Å². The second-order valence-corrected chi connectivity index (χ2v) is 9.23. The third-order valence-corrected chi connectivity index (χ3v) is 6.80. The van der Waals surface area contributed by atoms with Gasteiger partial charge in [0.1, 0.15) is 0 Å². The van der Waals surface area contributed by atoms with Gasteiger partial charge < -0.3 is 29.5 Å². The number of likely N-dealkylation sites (N-methyl/N-ethyl adjacent to an activating group) is 3. The first kappa shape index (κ1) is 20.0. The Morgan fingerprint density at radius 3 is 2.48 bits per heavy atom. The molecule has 0 aliphatic carbocycles. The summed E-state index contributed by atoms with van der Waals surface area (Å²) in [5.74, 6) is 0. The summed E-state index contributed by atoms with van der Waals surface area (Å²) in [6, 6.07) is 1.14. The highest BCUT2D eigenvalue weighted by Crippen LogP contribution is 2.26. The lowest BCUT2D eigenvalue weighted by Gasteiger charge is -2.52. The molecule has 0 aromatic rings. The molecule has 0 radical (unpaired) electrons. The highest BCUT2D eigenvalue weighted by molar-refractivity contribution is 4.97. The van der Waals surface area contributed by atoms with Crippen LogP contribution in [0.2, 0.25) is 0 Å². The lowest BCUT2D eigenvalue weighted by molar-refractivity contribution is -0.139. The Kier molecular flexibility index (Phi) is 6.69. The number of hydrogen-bond donors (Lipinski definition) is 1. The highest BCUT2D eigenvalue weighted by Gasteiger charge is 2.41. The Morgan fingerprint density at radius 1 is 0.852 bits per heavy atom. The molecule has 4 fully saturated rings. The van der Waals surface area contributed by atoms with E-state index in [0.717, 1.165) is 71.8 Å². The SMILES string of the molecule is CN1CCOC(CCC2CN(C)CC(C3CN(C)CC4CNCCN43)O2)C1. The Labute approximate surface area is 164 Å². The van der Waals surface area contributed by atoms with Crippen molar-refractivity contribution in [2.75, 3.05) is 86.7 Å². The van der Waals surface area contributed by atoms with Crippen LogP contribution >= 0.6 is 0 Å². The lowest BCUT2D eigenvalue weighted by atomic mass is 9.97. The van der Waals surface area contributed by atoms with Crippen molar-refractivity contribution in [3.05, 3.63) is 0 Å². The Hall–Kier alpha value is -0.280. The van der Waals surface area contributed by atoms with E-state index in [0.29, 0.717) is 30.4 Å². The van der Waals surface area contributed by atoms with Gasteiger partial charge >= 0.3 is 0 Å². The molecule has 0 aromatic carbocycles. The largest absolute Gasteiger partial charge is 0.376 e. The molecular formula is C20H39N5O2. The molecule has 4 aliphatic heterocycles. The van der Waals surface area contributed by atoms with Crippen LogP contribution in [0.1, 0.15) is 12.8 Å². The Bertz CT molecular complexity index is 481. The van der Waals surface area contributed by atoms with Crippen molar-refractivity contribution >= 4 is 0 Å². The smallest absolute Gasteiger partial charge is 0.0873 e. The normalized spacial score (nSPS) is 40.8. The predicted molar refractivity (Wildman–Crippen MR) is 107 cm³/mol. The van der Waals surface area contributed by atoms with E-state index in [9.17, 15) is 0 Å². The van der Waals surface area contributed by atoms with E-state index < -0.39 is 0 Å². The first-order valence-electron chi connectivity index (χ1n) is 10.9. The van der Waals surface area contributed by atoms with E-state index in [1.807, 2.05) is 0 Å². The molecule has 7 heteroatoms. The van der Waals surface area contributed by atoms with E-state index in [4.69, 9.17) is 9.47 Å². The summed E-state index contributed by atoms with van der Waals surface area (Å²) in [6.07, 6.45) is 3.23. The maximum atomic E-state index is 6.71. The lowest BCUT2D eigenvalue weighted by Crippen LogP contribution is -2.69. The zero-order chi connectivity index (χ0) is 18.8. The third kappa shape index (κ3) is 5.01. The molecule has 0 bridgehead atoms. The number of morpholine rings is 2. The maximum absolute atomic E-state index is 6.71. The van der Waals surface area contributed by atoms with Gasteiger partial charge in [0.05, 0.1) is 31.0 Å². The van der Waals surface area contributed by atoms with Crippen molar-refractivity contribution in [2.45, 2.75) is 43.2 Å². The molecule has 156 valence electrons. The Balaban J connectivity index is 1.35. The van der Waals surface area contributed by atoms with Crippen molar-refractivity contribution in [2.24, 2.45) is 0 Å². The van der Waals surface area contributed by atoms with Crippen LogP contribution in [0.4, 0.5) is 0 Å². The molecule has 27 heavy (non-hydrogen) atoms. The number of nitrogens with zero attached hydrogens (tertiary/aromatic N) is 4. The predicted octanol–water partition coefficient (Wildman–Crippen LogP) is -0.616. The molecule has 4 rings (SSSR count). The van der Waals surface area contributed by atoms with Gasteiger partial charge in [0.25, 0.3) is 0 Å². The first-order chi connectivity index (χ1) is 13.1. The number of ether oxygens (including phenoxy) is 2. The average molecular weight is 382 g/mol. The molecular weight excluding hydrogens is 342 g/mol. The zero-order valence-corrected chi connectivity index (χ0v) is 17.5. The van der Waals surface area contributed by atoms with Crippen molar-refractivity contribution in [1.82, 2.24) is 24.9 Å². The van der Waals surface area contributed by atoms with Crippen LogP contribution in [0.5, 0.6) is 0 Å². The summed E-state index contributed by atoms with van der Waals surface area (Å²) in [5, 5.41) is 3.57. The van der Waals surface area contributed by atoms with E-state index >= 15 is 0 Å². The number of fused-ring (bicyclic) bond motifs is 1. The van der Waals surface area contributed by atoms with Gasteiger partial charge in [0.2, 0.25) is 0 Å². The van der Waals surface area contributed by atoms with E-state index in [-0.39, 0.29) is 0 Å². The van der Waals surface area contributed by atoms with Crippen molar-refractivity contribution in [1.29, 1.82) is 0 Å². The van der Waals surface area contributed by atoms with Crippen LogP contribution in [-0.4, -0.2) is 137 Å². The summed E-state index contributed by atoms with van der Waals surface area (Å²) in [7, 11) is 6.72. The molecule has 0 amide bonds. The minimum Gasteiger partial charge on any atom is -0.376 e. The fourth-order valence-corrected chi connectivity index (χ4v) is 5.42. The Morgan fingerprint density at radius 2 is 1.63 bits per heavy atom. The summed E-state index contributed by atoms with van der Waals surface area (Å²) < 4.78 is 12.7. The van der Waals surface area contributed by atoms with Crippen LogP contribution in [0.25, 0.3) is 0 Å². The molecule has 5 unspecified atom stereocenters. The number of nitrogens with one attached hydrogen (secondary N) is 1. The van der Waals surface area contributed by atoms with Gasteiger partial charge in [-0.1, -0.05) is 0 Å². The number of rotatable bonds is 4. The van der Waals surface area contributed by atoms with E-state index in [1.165, 1.54) is 6.54 Å². The second-order valence-electron chi connectivity index (χ2n) is 9.23. The molecule has 4 saturated heterocycles. The van der Waals surface area contributed by atoms with Crippen LogP contribution in [0.15, 0.2) is 0 Å². The van der Waals surface area contributed by atoms with Gasteiger partial charge in [0.15, 0.2) is 0 Å². The summed E-state index contributed by atoms with van der Waals surface area (Å²) >= 11 is 0. The second kappa shape index (κ2) is 9.03. The topological polar surface area (TPSA) is 43.5 Å². The van der Waals surface area contributed by atoms with Crippen LogP contribution in [-0.2, 0) is 9.47 Å². The number of piperazine rings is 2. The van der Waals surface area contributed by atoms with Gasteiger partial charge in [0, 0.05) is 64.9 Å². The van der Waals surface area contributed by atoms with Gasteiger partial charge in [-0.15, -0.1) is 0 Å². The van der Waals surface area contributed by atoms with Gasteiger partial charge in [-0.25, -0.2) is 0 Å². The van der Waals surface area contributed by atoms with Crippen molar-refractivity contribution in [3.8, 4) is 0 Å². The third-order valence-electron chi connectivity index (χ3n) is 6.80. The molecule has 4 heterocycles. The summed E-state index contributed by atoms with van der Waals surface area (Å²) in [6.45, 7) is 10.7. The van der Waals surface area contributed by atoms with Gasteiger partial charge in [-0.3, -0.25) is 4.90 Å². The average Bonchev–Trinajstić information content (AvgIpc) is 2.65. The monoisotopic (exact) mass is 381 g/mol. The fraction of sp³-hybridized carbons (Fsp3) is 1.00. The fourth-order valence-electron chi connectivity index (χ4n) is 5.42. The minimum absolute atomic E-state index is 0.312. The number of hydrogen-bond acceptors (Lipinski definition) is 7. The summed E-state index contributed by atoms with van der Waals surface area (Å²) in [4.78, 5) is 10.1. The van der Waals surface area contributed by atoms with Crippen LogP contribution in [0.3, 0.4) is 0 Å².